The van der Waals surface area contributed by atoms with Gasteiger partial charge < -0.3 is 9.64 Å². The second-order valence-corrected chi connectivity index (χ2v) is 5.07. The fourth-order valence-corrected chi connectivity index (χ4v) is 2.75. The Morgan fingerprint density at radius 2 is 2.11 bits per heavy atom. The Morgan fingerprint density at radius 1 is 1.32 bits per heavy atom. The number of ether oxygens (including phenoxy) is 1. The van der Waals surface area contributed by atoms with E-state index in [-0.39, 0.29) is 5.97 Å². The van der Waals surface area contributed by atoms with Crippen molar-refractivity contribution in [3.8, 4) is 0 Å². The zero-order valence-electron chi connectivity index (χ0n) is 11.7. The van der Waals surface area contributed by atoms with Crippen LogP contribution in [0.1, 0.15) is 43.0 Å². The smallest absolute Gasteiger partial charge is 0.338 e. The second-order valence-electron chi connectivity index (χ2n) is 5.07. The van der Waals surface area contributed by atoms with Crippen LogP contribution in [0.15, 0.2) is 30.3 Å². The van der Waals surface area contributed by atoms with E-state index in [1.807, 2.05) is 18.2 Å². The Bertz CT molecular complexity index is 391. The van der Waals surface area contributed by atoms with Gasteiger partial charge in [-0.15, -0.1) is 0 Å². The van der Waals surface area contributed by atoms with Gasteiger partial charge in [-0.3, -0.25) is 0 Å². The summed E-state index contributed by atoms with van der Waals surface area (Å²) in [6, 6.07) is 9.79. The van der Waals surface area contributed by atoms with Gasteiger partial charge in [-0.25, -0.2) is 4.79 Å². The molecular weight excluding hydrogens is 238 g/mol. The van der Waals surface area contributed by atoms with Crippen molar-refractivity contribution in [2.45, 2.75) is 38.6 Å². The third-order valence-corrected chi connectivity index (χ3v) is 3.85. The van der Waals surface area contributed by atoms with Crippen molar-refractivity contribution in [3.05, 3.63) is 35.9 Å². The highest BCUT2D eigenvalue weighted by Crippen LogP contribution is 2.19. The molecule has 1 heterocycles. The van der Waals surface area contributed by atoms with E-state index < -0.39 is 0 Å². The van der Waals surface area contributed by atoms with E-state index >= 15 is 0 Å². The Labute approximate surface area is 115 Å². The van der Waals surface area contributed by atoms with Gasteiger partial charge in [0.25, 0.3) is 0 Å². The molecule has 0 N–H and O–H groups in total. The summed E-state index contributed by atoms with van der Waals surface area (Å²) in [7, 11) is 0. The van der Waals surface area contributed by atoms with Crippen molar-refractivity contribution in [1.82, 2.24) is 4.90 Å². The molecule has 0 amide bonds. The number of likely N-dealkylation sites (tertiary alicyclic amines) is 1. The molecule has 0 bridgehead atoms. The molecule has 1 aromatic rings. The van der Waals surface area contributed by atoms with E-state index in [2.05, 4.69) is 11.8 Å². The number of nitrogens with zero attached hydrogens (tertiary/aromatic N) is 1. The molecule has 0 saturated carbocycles. The minimum absolute atomic E-state index is 0.209. The summed E-state index contributed by atoms with van der Waals surface area (Å²) in [6.45, 7) is 5.01. The minimum Gasteiger partial charge on any atom is -0.462 e. The molecule has 1 aromatic carbocycles. The predicted molar refractivity (Wildman–Crippen MR) is 76.2 cm³/mol. The lowest BCUT2D eigenvalue weighted by molar-refractivity contribution is 0.0437. The number of hydrogen-bond donors (Lipinski definition) is 0. The Kier molecular flexibility index (Phi) is 5.40. The standard InChI is InChI=1S/C16H23NO2/c1-2-17-12-7-6-10-15(17)11-13-19-16(18)14-8-4-3-5-9-14/h3-5,8-9,15H,2,6-7,10-13H2,1H3/t15-/m1/s1. The van der Waals surface area contributed by atoms with Gasteiger partial charge in [0.05, 0.1) is 12.2 Å². The second kappa shape index (κ2) is 7.29. The molecular formula is C16H23NO2. The highest BCUT2D eigenvalue weighted by molar-refractivity contribution is 5.89. The molecule has 3 nitrogen and oxygen atoms in total. The number of piperidine rings is 1. The highest BCUT2D eigenvalue weighted by Gasteiger charge is 2.20. The normalized spacial score (nSPS) is 20.2. The van der Waals surface area contributed by atoms with E-state index in [0.29, 0.717) is 18.2 Å². The molecule has 0 radical (unpaired) electrons. The molecule has 1 fully saturated rings. The summed E-state index contributed by atoms with van der Waals surface area (Å²) >= 11 is 0. The molecule has 0 aromatic heterocycles. The number of hydrogen-bond acceptors (Lipinski definition) is 3. The summed E-state index contributed by atoms with van der Waals surface area (Å²) < 4.78 is 5.36. The number of esters is 1. The molecule has 2 rings (SSSR count). The lowest BCUT2D eigenvalue weighted by atomic mass is 10.00. The first-order valence-corrected chi connectivity index (χ1v) is 7.27. The summed E-state index contributed by atoms with van der Waals surface area (Å²) in [4.78, 5) is 14.3. The zero-order valence-corrected chi connectivity index (χ0v) is 11.7. The Morgan fingerprint density at radius 3 is 2.84 bits per heavy atom. The molecule has 1 aliphatic rings. The first-order chi connectivity index (χ1) is 9.31. The van der Waals surface area contributed by atoms with Gasteiger partial charge in [0.1, 0.15) is 0 Å². The van der Waals surface area contributed by atoms with Crippen molar-refractivity contribution in [2.75, 3.05) is 19.7 Å². The van der Waals surface area contributed by atoms with Crippen LogP contribution in [0.5, 0.6) is 0 Å². The van der Waals surface area contributed by atoms with Gasteiger partial charge in [0.2, 0.25) is 0 Å². The van der Waals surface area contributed by atoms with E-state index in [1.165, 1.54) is 25.8 Å². The molecule has 104 valence electrons. The predicted octanol–water partition coefficient (Wildman–Crippen LogP) is 3.11. The first-order valence-electron chi connectivity index (χ1n) is 7.27. The lowest BCUT2D eigenvalue weighted by Crippen LogP contribution is -2.40. The van der Waals surface area contributed by atoms with Gasteiger partial charge in [-0.1, -0.05) is 31.5 Å². The largest absolute Gasteiger partial charge is 0.462 e. The van der Waals surface area contributed by atoms with Crippen LogP contribution in [-0.2, 0) is 4.74 Å². The fraction of sp³-hybridized carbons (Fsp3) is 0.562. The molecule has 19 heavy (non-hydrogen) atoms. The summed E-state index contributed by atoms with van der Waals surface area (Å²) in [6.07, 6.45) is 4.78. The quantitative estimate of drug-likeness (QED) is 0.763. The van der Waals surface area contributed by atoms with Crippen molar-refractivity contribution in [2.24, 2.45) is 0 Å². The molecule has 3 heteroatoms. The van der Waals surface area contributed by atoms with Gasteiger partial charge in [-0.2, -0.15) is 0 Å². The molecule has 1 aliphatic heterocycles. The van der Waals surface area contributed by atoms with E-state index in [0.717, 1.165) is 13.0 Å². The first kappa shape index (κ1) is 14.1. The van der Waals surface area contributed by atoms with Crippen molar-refractivity contribution in [1.29, 1.82) is 0 Å². The van der Waals surface area contributed by atoms with E-state index in [4.69, 9.17) is 4.74 Å². The average Bonchev–Trinajstić information content (AvgIpc) is 2.48. The maximum atomic E-state index is 11.8. The van der Waals surface area contributed by atoms with Crippen molar-refractivity contribution >= 4 is 5.97 Å². The number of carbonyl (C=O) groups excluding carboxylic acids is 1. The van der Waals surface area contributed by atoms with Crippen LogP contribution >= 0.6 is 0 Å². The molecule has 0 spiro atoms. The fourth-order valence-electron chi connectivity index (χ4n) is 2.75. The third-order valence-electron chi connectivity index (χ3n) is 3.85. The van der Waals surface area contributed by atoms with Crippen LogP contribution in [0.4, 0.5) is 0 Å². The van der Waals surface area contributed by atoms with Gasteiger partial charge in [0, 0.05) is 6.04 Å². The molecule has 0 aliphatic carbocycles. The zero-order chi connectivity index (χ0) is 13.5. The van der Waals surface area contributed by atoms with Crippen LogP contribution in [0.3, 0.4) is 0 Å². The average molecular weight is 261 g/mol. The topological polar surface area (TPSA) is 29.5 Å². The number of rotatable bonds is 5. The van der Waals surface area contributed by atoms with Crippen LogP contribution in [-0.4, -0.2) is 36.6 Å². The Balaban J connectivity index is 1.75. The van der Waals surface area contributed by atoms with Gasteiger partial charge in [-0.05, 0) is 44.5 Å². The van der Waals surface area contributed by atoms with Crippen molar-refractivity contribution < 1.29 is 9.53 Å². The highest BCUT2D eigenvalue weighted by atomic mass is 16.5. The van der Waals surface area contributed by atoms with Crippen LogP contribution < -0.4 is 0 Å². The number of benzene rings is 1. The Hall–Kier alpha value is -1.35. The maximum Gasteiger partial charge on any atom is 0.338 e. The molecule has 0 unspecified atom stereocenters. The third kappa shape index (κ3) is 4.06. The summed E-state index contributed by atoms with van der Waals surface area (Å²) in [5, 5.41) is 0. The van der Waals surface area contributed by atoms with E-state index in [1.54, 1.807) is 12.1 Å². The summed E-state index contributed by atoms with van der Waals surface area (Å²) in [5.74, 6) is -0.209. The molecule has 1 atom stereocenters. The maximum absolute atomic E-state index is 11.8. The number of carbonyl (C=O) groups is 1. The minimum atomic E-state index is -0.209. The van der Waals surface area contributed by atoms with Gasteiger partial charge in [0.15, 0.2) is 0 Å². The SMILES string of the molecule is CCN1CCCC[C@@H]1CCOC(=O)c1ccccc1. The molecule has 1 saturated heterocycles. The summed E-state index contributed by atoms with van der Waals surface area (Å²) in [5.41, 5.74) is 0.637. The van der Waals surface area contributed by atoms with Gasteiger partial charge >= 0.3 is 5.97 Å². The van der Waals surface area contributed by atoms with Crippen LogP contribution in [0.25, 0.3) is 0 Å². The van der Waals surface area contributed by atoms with Crippen molar-refractivity contribution in [3.63, 3.8) is 0 Å². The van der Waals surface area contributed by atoms with E-state index in [9.17, 15) is 4.79 Å². The monoisotopic (exact) mass is 261 g/mol. The van der Waals surface area contributed by atoms with Crippen LogP contribution in [0, 0.1) is 0 Å². The lowest BCUT2D eigenvalue weighted by Gasteiger charge is -2.34. The van der Waals surface area contributed by atoms with Crippen LogP contribution in [0.2, 0.25) is 0 Å².